The average molecular weight is 253 g/mol. The molecule has 0 amide bonds. The van der Waals surface area contributed by atoms with Crippen molar-refractivity contribution in [3.05, 3.63) is 21.6 Å². The van der Waals surface area contributed by atoms with Crippen molar-refractivity contribution in [3.8, 4) is 0 Å². The number of carbonyl (C=O) groups is 1. The van der Waals surface area contributed by atoms with Crippen LogP contribution in [0.3, 0.4) is 0 Å². The molecule has 2 nitrogen and oxygen atoms in total. The van der Waals surface area contributed by atoms with Gasteiger partial charge >= 0.3 is 0 Å². The number of ketones is 1. The molecular formula is C14H23NOS. The molecule has 0 saturated carbocycles. The fourth-order valence-corrected chi connectivity index (χ4v) is 2.84. The molecule has 1 atom stereocenters. The molecule has 1 aliphatic heterocycles. The molecule has 0 spiro atoms. The van der Waals surface area contributed by atoms with E-state index in [4.69, 9.17) is 0 Å². The number of carbonyl (C=O) groups excluding carboxylic acids is 1. The average Bonchev–Trinajstić information content (AvgIpc) is 2.25. The van der Waals surface area contributed by atoms with Gasteiger partial charge < -0.3 is 4.90 Å². The predicted octanol–water partition coefficient (Wildman–Crippen LogP) is 3.81. The van der Waals surface area contributed by atoms with E-state index in [0.29, 0.717) is 0 Å². The summed E-state index contributed by atoms with van der Waals surface area (Å²) >= 11 is 1.81. The molecule has 1 heterocycles. The first-order chi connectivity index (χ1) is 7.91. The number of hydrogen-bond donors (Lipinski definition) is 0. The maximum atomic E-state index is 11.2. The van der Waals surface area contributed by atoms with E-state index in [1.807, 2.05) is 6.92 Å². The van der Waals surface area contributed by atoms with Crippen molar-refractivity contribution in [1.29, 1.82) is 0 Å². The van der Waals surface area contributed by atoms with E-state index < -0.39 is 0 Å². The lowest BCUT2D eigenvalue weighted by molar-refractivity contribution is -0.120. The summed E-state index contributed by atoms with van der Waals surface area (Å²) in [4.78, 5) is 13.5. The maximum Gasteiger partial charge on any atom is 0.132 e. The topological polar surface area (TPSA) is 20.3 Å². The molecule has 1 rings (SSSR count). The first kappa shape index (κ1) is 14.4. The summed E-state index contributed by atoms with van der Waals surface area (Å²) in [6.07, 6.45) is 2.01. The van der Waals surface area contributed by atoms with E-state index in [0.717, 1.165) is 19.4 Å². The third kappa shape index (κ3) is 4.23. The molecular weight excluding hydrogens is 230 g/mol. The first-order valence-electron chi connectivity index (χ1n) is 6.15. The van der Waals surface area contributed by atoms with Gasteiger partial charge in [-0.1, -0.05) is 24.3 Å². The van der Waals surface area contributed by atoms with Crippen molar-refractivity contribution >= 4 is 17.5 Å². The van der Waals surface area contributed by atoms with E-state index in [2.05, 4.69) is 31.2 Å². The molecule has 0 N–H and O–H groups in total. The van der Waals surface area contributed by atoms with Crippen molar-refractivity contribution in [2.45, 2.75) is 40.5 Å². The second-order valence-corrected chi connectivity index (χ2v) is 5.92. The Kier molecular flexibility index (Phi) is 5.31. The Labute approximate surface area is 109 Å². The van der Waals surface area contributed by atoms with Gasteiger partial charge in [-0.05, 0) is 44.6 Å². The fraction of sp³-hybridized carbons (Fsp3) is 0.643. The van der Waals surface area contributed by atoms with Crippen LogP contribution in [-0.2, 0) is 4.79 Å². The predicted molar refractivity (Wildman–Crippen MR) is 75.8 cm³/mol. The van der Waals surface area contributed by atoms with Crippen molar-refractivity contribution in [3.63, 3.8) is 0 Å². The number of hydrogen-bond acceptors (Lipinski definition) is 3. The van der Waals surface area contributed by atoms with Gasteiger partial charge in [0.1, 0.15) is 5.78 Å². The summed E-state index contributed by atoms with van der Waals surface area (Å²) in [5.41, 5.74) is 2.87. The third-order valence-corrected chi connectivity index (χ3v) is 4.62. The number of nitrogens with zero attached hydrogens (tertiary/aromatic N) is 1. The van der Waals surface area contributed by atoms with Crippen molar-refractivity contribution in [1.82, 2.24) is 4.90 Å². The normalized spacial score (nSPS) is 17.8. The van der Waals surface area contributed by atoms with Crippen LogP contribution < -0.4 is 0 Å². The van der Waals surface area contributed by atoms with Gasteiger partial charge in [-0.25, -0.2) is 0 Å². The summed E-state index contributed by atoms with van der Waals surface area (Å²) < 4.78 is 0. The Morgan fingerprint density at radius 1 is 1.53 bits per heavy atom. The van der Waals surface area contributed by atoms with Gasteiger partial charge in [-0.2, -0.15) is 0 Å². The Morgan fingerprint density at radius 3 is 2.71 bits per heavy atom. The molecule has 0 saturated heterocycles. The monoisotopic (exact) mass is 253 g/mol. The quantitative estimate of drug-likeness (QED) is 0.743. The number of rotatable bonds is 5. The highest BCUT2D eigenvalue weighted by Gasteiger charge is 2.15. The van der Waals surface area contributed by atoms with E-state index in [-0.39, 0.29) is 11.7 Å². The van der Waals surface area contributed by atoms with Gasteiger partial charge in [0, 0.05) is 19.5 Å². The SMILES string of the molecule is CC(=O)C(C)CCN(C)C1=C(C)CC(C)=CS1. The molecule has 0 aromatic heterocycles. The zero-order chi connectivity index (χ0) is 13.0. The second kappa shape index (κ2) is 6.29. The summed E-state index contributed by atoms with van der Waals surface area (Å²) in [5.74, 6) is 0.459. The van der Waals surface area contributed by atoms with Gasteiger partial charge in [0.2, 0.25) is 0 Å². The van der Waals surface area contributed by atoms with E-state index >= 15 is 0 Å². The molecule has 1 aliphatic rings. The summed E-state index contributed by atoms with van der Waals surface area (Å²) in [7, 11) is 2.12. The lowest BCUT2D eigenvalue weighted by atomic mass is 10.0. The molecule has 0 aliphatic carbocycles. The van der Waals surface area contributed by atoms with Crippen LogP contribution in [0.5, 0.6) is 0 Å². The van der Waals surface area contributed by atoms with Crippen LogP contribution >= 0.6 is 11.8 Å². The highest BCUT2D eigenvalue weighted by Crippen LogP contribution is 2.33. The molecule has 0 aromatic rings. The van der Waals surface area contributed by atoms with Gasteiger partial charge in [0.05, 0.1) is 5.03 Å². The Bertz CT molecular complexity index is 357. The molecule has 17 heavy (non-hydrogen) atoms. The largest absolute Gasteiger partial charge is 0.369 e. The standard InChI is InChI=1S/C14H23NOS/c1-10-8-12(3)14(17-9-10)15(5)7-6-11(2)13(4)16/h9,11H,6-8H2,1-5H3. The van der Waals surface area contributed by atoms with Crippen molar-refractivity contribution in [2.75, 3.05) is 13.6 Å². The third-order valence-electron chi connectivity index (χ3n) is 3.22. The van der Waals surface area contributed by atoms with Gasteiger partial charge in [-0.3, -0.25) is 4.79 Å². The minimum absolute atomic E-state index is 0.171. The fourth-order valence-electron chi connectivity index (χ4n) is 1.90. The Morgan fingerprint density at radius 2 is 2.18 bits per heavy atom. The van der Waals surface area contributed by atoms with Gasteiger partial charge in [0.15, 0.2) is 0 Å². The lowest BCUT2D eigenvalue weighted by Crippen LogP contribution is -2.22. The maximum absolute atomic E-state index is 11.2. The minimum atomic E-state index is 0.171. The zero-order valence-electron chi connectivity index (χ0n) is 11.5. The molecule has 0 fully saturated rings. The molecule has 96 valence electrons. The van der Waals surface area contributed by atoms with Crippen molar-refractivity contribution in [2.24, 2.45) is 5.92 Å². The molecule has 0 bridgehead atoms. The van der Waals surface area contributed by atoms with Crippen molar-refractivity contribution < 1.29 is 4.79 Å². The van der Waals surface area contributed by atoms with Gasteiger partial charge in [0.25, 0.3) is 0 Å². The highest BCUT2D eigenvalue weighted by molar-refractivity contribution is 8.05. The van der Waals surface area contributed by atoms with Gasteiger partial charge in [-0.15, -0.1) is 0 Å². The van der Waals surface area contributed by atoms with Crippen LogP contribution in [0, 0.1) is 5.92 Å². The number of allylic oxidation sites excluding steroid dienone is 2. The van der Waals surface area contributed by atoms with E-state index in [1.165, 1.54) is 16.2 Å². The molecule has 1 unspecified atom stereocenters. The lowest BCUT2D eigenvalue weighted by Gasteiger charge is -2.27. The van der Waals surface area contributed by atoms with Crippen LogP contribution in [0.25, 0.3) is 0 Å². The Balaban J connectivity index is 2.51. The van der Waals surface area contributed by atoms with E-state index in [9.17, 15) is 4.79 Å². The van der Waals surface area contributed by atoms with Crippen LogP contribution in [0.1, 0.15) is 40.5 Å². The summed E-state index contributed by atoms with van der Waals surface area (Å²) in [5, 5.41) is 3.58. The van der Waals surface area contributed by atoms with Crippen LogP contribution in [0.15, 0.2) is 21.6 Å². The summed E-state index contributed by atoms with van der Waals surface area (Å²) in [6.45, 7) is 9.01. The second-order valence-electron chi connectivity index (χ2n) is 5.07. The number of Topliss-reactive ketones (excluding diaryl/α,β-unsaturated/α-hetero) is 1. The van der Waals surface area contributed by atoms with Crippen LogP contribution in [-0.4, -0.2) is 24.3 Å². The van der Waals surface area contributed by atoms with Crippen LogP contribution in [0.2, 0.25) is 0 Å². The zero-order valence-corrected chi connectivity index (χ0v) is 12.4. The minimum Gasteiger partial charge on any atom is -0.369 e. The Hall–Kier alpha value is -0.700. The first-order valence-corrected chi connectivity index (χ1v) is 7.03. The smallest absolute Gasteiger partial charge is 0.132 e. The number of thioether (sulfide) groups is 1. The van der Waals surface area contributed by atoms with E-state index in [1.54, 1.807) is 18.7 Å². The molecule has 3 heteroatoms. The van der Waals surface area contributed by atoms with Crippen LogP contribution in [0.4, 0.5) is 0 Å². The molecule has 0 aromatic carbocycles. The summed E-state index contributed by atoms with van der Waals surface area (Å²) in [6, 6.07) is 0. The molecule has 0 radical (unpaired) electrons. The highest BCUT2D eigenvalue weighted by atomic mass is 32.2.